The van der Waals surface area contributed by atoms with Gasteiger partial charge in [-0.3, -0.25) is 10.1 Å². The second kappa shape index (κ2) is 9.99. The van der Waals surface area contributed by atoms with Crippen molar-refractivity contribution in [2.45, 2.75) is 32.2 Å². The number of amides is 1. The Morgan fingerprint density at radius 3 is 2.47 bits per heavy atom. The van der Waals surface area contributed by atoms with E-state index in [0.717, 1.165) is 11.1 Å². The molecule has 1 heterocycles. The molecule has 0 unspecified atom stereocenters. The van der Waals surface area contributed by atoms with Crippen LogP contribution in [0.15, 0.2) is 47.6 Å². The Balaban J connectivity index is 1.84. The standard InChI is InChI=1S/C21H23Cl2N5O3S/c1-4-28(5-2)32(30,31)19-10-16(17(22)11-18(19)23)20(29)25-21-24-13-27(26-21)12-15-9-7-6-8-14(15)3/h6-11,13H,4-5,12H2,1-3H3,(H,25,26,29). The van der Waals surface area contributed by atoms with Crippen LogP contribution < -0.4 is 5.32 Å². The Bertz CT molecular complexity index is 1240. The summed E-state index contributed by atoms with van der Waals surface area (Å²) in [4.78, 5) is 16.7. The Hall–Kier alpha value is -2.46. The summed E-state index contributed by atoms with van der Waals surface area (Å²) in [5, 5.41) is 6.78. The Morgan fingerprint density at radius 1 is 1.12 bits per heavy atom. The molecule has 0 aliphatic heterocycles. The number of carbonyl (C=O) groups excluding carboxylic acids is 1. The van der Waals surface area contributed by atoms with Crippen molar-refractivity contribution >= 4 is 45.1 Å². The summed E-state index contributed by atoms with van der Waals surface area (Å²) < 4.78 is 28.6. The maximum atomic E-state index is 12.9. The molecule has 3 aromatic rings. The first kappa shape index (κ1) is 24.2. The fraction of sp³-hybridized carbons (Fsp3) is 0.286. The third kappa shape index (κ3) is 5.12. The molecular formula is C21H23Cl2N5O3S. The number of carbonyl (C=O) groups is 1. The van der Waals surface area contributed by atoms with E-state index in [1.54, 1.807) is 18.5 Å². The fourth-order valence-electron chi connectivity index (χ4n) is 3.16. The fourth-order valence-corrected chi connectivity index (χ4v) is 5.45. The van der Waals surface area contributed by atoms with E-state index in [1.807, 2.05) is 31.2 Å². The number of anilines is 1. The average molecular weight is 496 g/mol. The number of halogens is 2. The molecule has 1 aromatic heterocycles. The van der Waals surface area contributed by atoms with Crippen LogP contribution >= 0.6 is 23.2 Å². The maximum Gasteiger partial charge on any atom is 0.259 e. The Morgan fingerprint density at radius 2 is 1.81 bits per heavy atom. The first-order valence-corrected chi connectivity index (χ1v) is 12.1. The molecule has 2 aromatic carbocycles. The van der Waals surface area contributed by atoms with Crippen molar-refractivity contribution in [3.63, 3.8) is 0 Å². The largest absolute Gasteiger partial charge is 0.289 e. The summed E-state index contributed by atoms with van der Waals surface area (Å²) in [7, 11) is -3.88. The van der Waals surface area contributed by atoms with Gasteiger partial charge in [-0.25, -0.2) is 18.1 Å². The third-order valence-electron chi connectivity index (χ3n) is 4.94. The van der Waals surface area contributed by atoms with Gasteiger partial charge in [-0.1, -0.05) is 61.3 Å². The van der Waals surface area contributed by atoms with Crippen LogP contribution in [0.5, 0.6) is 0 Å². The summed E-state index contributed by atoms with van der Waals surface area (Å²) in [5.74, 6) is -0.570. The van der Waals surface area contributed by atoms with Crippen LogP contribution in [-0.4, -0.2) is 46.5 Å². The number of aromatic nitrogens is 3. The highest BCUT2D eigenvalue weighted by atomic mass is 35.5. The smallest absolute Gasteiger partial charge is 0.259 e. The molecule has 32 heavy (non-hydrogen) atoms. The highest BCUT2D eigenvalue weighted by molar-refractivity contribution is 7.89. The number of nitrogens with zero attached hydrogens (tertiary/aromatic N) is 4. The lowest BCUT2D eigenvalue weighted by Crippen LogP contribution is -2.31. The molecule has 0 saturated carbocycles. The first-order chi connectivity index (χ1) is 15.2. The van der Waals surface area contributed by atoms with Gasteiger partial charge in [0.05, 0.1) is 22.2 Å². The lowest BCUT2D eigenvalue weighted by molar-refractivity contribution is 0.102. The van der Waals surface area contributed by atoms with Crippen molar-refractivity contribution < 1.29 is 13.2 Å². The second-order valence-electron chi connectivity index (χ2n) is 7.00. The van der Waals surface area contributed by atoms with Crippen LogP contribution in [0.4, 0.5) is 5.95 Å². The zero-order chi connectivity index (χ0) is 23.5. The van der Waals surface area contributed by atoms with Crippen molar-refractivity contribution in [3.8, 4) is 0 Å². The van der Waals surface area contributed by atoms with E-state index in [2.05, 4.69) is 15.4 Å². The van der Waals surface area contributed by atoms with Gasteiger partial charge in [-0.2, -0.15) is 4.31 Å². The minimum absolute atomic E-state index is 0.0188. The van der Waals surface area contributed by atoms with E-state index in [-0.39, 0.29) is 39.5 Å². The van der Waals surface area contributed by atoms with Gasteiger partial charge in [0.25, 0.3) is 5.91 Å². The Kier molecular flexibility index (Phi) is 7.55. The summed E-state index contributed by atoms with van der Waals surface area (Å²) in [5.41, 5.74) is 2.14. The van der Waals surface area contributed by atoms with Crippen molar-refractivity contribution in [3.05, 3.63) is 69.5 Å². The molecule has 1 N–H and O–H groups in total. The first-order valence-electron chi connectivity index (χ1n) is 9.91. The van der Waals surface area contributed by atoms with Crippen LogP contribution in [0.1, 0.15) is 35.3 Å². The quantitative estimate of drug-likeness (QED) is 0.504. The number of rotatable bonds is 8. The van der Waals surface area contributed by atoms with Gasteiger partial charge < -0.3 is 0 Å². The summed E-state index contributed by atoms with van der Waals surface area (Å²) in [6.45, 7) is 6.46. The molecule has 3 rings (SSSR count). The monoisotopic (exact) mass is 495 g/mol. The third-order valence-corrected chi connectivity index (χ3v) is 7.77. The molecular weight excluding hydrogens is 473 g/mol. The van der Waals surface area contributed by atoms with Gasteiger partial charge in [0.1, 0.15) is 11.2 Å². The van der Waals surface area contributed by atoms with Gasteiger partial charge in [0.2, 0.25) is 16.0 Å². The molecule has 1 amide bonds. The molecule has 0 aliphatic rings. The SMILES string of the molecule is CCN(CC)S(=O)(=O)c1cc(C(=O)Nc2ncn(Cc3ccccc3C)n2)c(Cl)cc1Cl. The predicted molar refractivity (Wildman–Crippen MR) is 125 cm³/mol. The highest BCUT2D eigenvalue weighted by Gasteiger charge is 2.27. The van der Waals surface area contributed by atoms with E-state index >= 15 is 0 Å². The van der Waals surface area contributed by atoms with Crippen molar-refractivity contribution in [2.75, 3.05) is 18.4 Å². The Labute approximate surface area is 197 Å². The lowest BCUT2D eigenvalue weighted by Gasteiger charge is -2.20. The van der Waals surface area contributed by atoms with Crippen LogP contribution in [0.3, 0.4) is 0 Å². The van der Waals surface area contributed by atoms with Gasteiger partial charge in [-0.15, -0.1) is 5.10 Å². The zero-order valence-electron chi connectivity index (χ0n) is 17.8. The van der Waals surface area contributed by atoms with E-state index in [0.29, 0.717) is 6.54 Å². The van der Waals surface area contributed by atoms with E-state index in [4.69, 9.17) is 23.2 Å². The number of aryl methyl sites for hydroxylation is 1. The molecule has 0 spiro atoms. The lowest BCUT2D eigenvalue weighted by atomic mass is 10.1. The maximum absolute atomic E-state index is 12.9. The number of hydrogen-bond acceptors (Lipinski definition) is 5. The topological polar surface area (TPSA) is 97.2 Å². The van der Waals surface area contributed by atoms with Crippen LogP contribution in [0, 0.1) is 6.92 Å². The van der Waals surface area contributed by atoms with Gasteiger partial charge in [0.15, 0.2) is 0 Å². The minimum atomic E-state index is -3.88. The molecule has 0 radical (unpaired) electrons. The van der Waals surface area contributed by atoms with Gasteiger partial charge in [0, 0.05) is 13.1 Å². The average Bonchev–Trinajstić information content (AvgIpc) is 3.17. The van der Waals surface area contributed by atoms with E-state index in [1.165, 1.54) is 22.8 Å². The molecule has 0 atom stereocenters. The van der Waals surface area contributed by atoms with Gasteiger partial charge >= 0.3 is 0 Å². The molecule has 11 heteroatoms. The second-order valence-corrected chi connectivity index (χ2v) is 9.72. The van der Waals surface area contributed by atoms with E-state index < -0.39 is 15.9 Å². The van der Waals surface area contributed by atoms with Crippen LogP contribution in [-0.2, 0) is 16.6 Å². The van der Waals surface area contributed by atoms with Crippen LogP contribution in [0.25, 0.3) is 0 Å². The molecule has 0 fully saturated rings. The molecule has 0 bridgehead atoms. The van der Waals surface area contributed by atoms with Crippen molar-refractivity contribution in [1.82, 2.24) is 19.1 Å². The molecule has 0 saturated heterocycles. The zero-order valence-corrected chi connectivity index (χ0v) is 20.2. The summed E-state index contributed by atoms with van der Waals surface area (Å²) >= 11 is 12.3. The summed E-state index contributed by atoms with van der Waals surface area (Å²) in [6.07, 6.45) is 1.50. The number of nitrogens with one attached hydrogen (secondary N) is 1. The van der Waals surface area contributed by atoms with E-state index in [9.17, 15) is 13.2 Å². The normalized spacial score (nSPS) is 11.7. The number of hydrogen-bond donors (Lipinski definition) is 1. The van der Waals surface area contributed by atoms with Crippen molar-refractivity contribution in [1.29, 1.82) is 0 Å². The van der Waals surface area contributed by atoms with Crippen molar-refractivity contribution in [2.24, 2.45) is 0 Å². The molecule has 0 aliphatic carbocycles. The number of benzene rings is 2. The molecule has 8 nitrogen and oxygen atoms in total. The van der Waals surface area contributed by atoms with Gasteiger partial charge in [-0.05, 0) is 30.2 Å². The summed E-state index contributed by atoms with van der Waals surface area (Å²) in [6, 6.07) is 10.3. The number of sulfonamides is 1. The molecule has 170 valence electrons. The highest BCUT2D eigenvalue weighted by Crippen LogP contribution is 2.31. The predicted octanol–water partition coefficient (Wildman–Crippen LogP) is 4.22. The van der Waals surface area contributed by atoms with Crippen LogP contribution in [0.2, 0.25) is 10.0 Å². The minimum Gasteiger partial charge on any atom is -0.289 e.